The first-order valence-electron chi connectivity index (χ1n) is 6.34. The van der Waals surface area contributed by atoms with Crippen molar-refractivity contribution in [3.8, 4) is 0 Å². The van der Waals surface area contributed by atoms with Crippen LogP contribution in [0.4, 0.5) is 0 Å². The van der Waals surface area contributed by atoms with E-state index in [2.05, 4.69) is 5.32 Å². The highest BCUT2D eigenvalue weighted by molar-refractivity contribution is 7.98. The largest absolute Gasteiger partial charge is 0.340 e. The van der Waals surface area contributed by atoms with Gasteiger partial charge in [-0.25, -0.2) is 0 Å². The summed E-state index contributed by atoms with van der Waals surface area (Å²) < 4.78 is 0. The van der Waals surface area contributed by atoms with Crippen molar-refractivity contribution in [3.63, 3.8) is 0 Å². The summed E-state index contributed by atoms with van der Waals surface area (Å²) in [5, 5.41) is 3.42. The third kappa shape index (κ3) is 3.06. The molecule has 1 aromatic rings. The van der Waals surface area contributed by atoms with Crippen molar-refractivity contribution in [2.24, 2.45) is 0 Å². The molecule has 1 amide bonds. The van der Waals surface area contributed by atoms with Gasteiger partial charge in [-0.1, -0.05) is 12.1 Å². The zero-order valence-electron chi connectivity index (χ0n) is 11.0. The van der Waals surface area contributed by atoms with Gasteiger partial charge in [0.25, 0.3) is 5.91 Å². The fourth-order valence-electron chi connectivity index (χ4n) is 2.35. The monoisotopic (exact) mass is 264 g/mol. The molecular formula is C14H20N2OS. The van der Waals surface area contributed by atoms with Gasteiger partial charge < -0.3 is 10.2 Å². The van der Waals surface area contributed by atoms with E-state index in [9.17, 15) is 4.79 Å². The molecule has 4 heteroatoms. The second kappa shape index (κ2) is 6.25. The Hall–Kier alpha value is -1.00. The molecule has 1 N–H and O–H groups in total. The minimum Gasteiger partial charge on any atom is -0.340 e. The van der Waals surface area contributed by atoms with E-state index in [1.165, 1.54) is 12.8 Å². The predicted octanol–water partition coefficient (Wildman–Crippen LogP) is 2.23. The number of amides is 1. The summed E-state index contributed by atoms with van der Waals surface area (Å²) in [5.74, 6) is 0.119. The summed E-state index contributed by atoms with van der Waals surface area (Å²) in [7, 11) is 1.89. The van der Waals surface area contributed by atoms with Gasteiger partial charge in [0.1, 0.15) is 0 Å². The Labute approximate surface area is 113 Å². The quantitative estimate of drug-likeness (QED) is 0.846. The number of benzene rings is 1. The van der Waals surface area contributed by atoms with Crippen molar-refractivity contribution in [1.82, 2.24) is 10.2 Å². The normalized spacial score (nSPS) is 18.9. The van der Waals surface area contributed by atoms with Crippen molar-refractivity contribution < 1.29 is 4.79 Å². The van der Waals surface area contributed by atoms with E-state index in [0.29, 0.717) is 6.04 Å². The van der Waals surface area contributed by atoms with Crippen LogP contribution < -0.4 is 5.32 Å². The number of carbonyl (C=O) groups excluding carboxylic acids is 1. The maximum absolute atomic E-state index is 12.4. The van der Waals surface area contributed by atoms with E-state index in [-0.39, 0.29) is 5.91 Å². The van der Waals surface area contributed by atoms with Gasteiger partial charge in [0.05, 0.1) is 5.56 Å². The van der Waals surface area contributed by atoms with Crippen molar-refractivity contribution in [2.45, 2.75) is 23.8 Å². The minimum absolute atomic E-state index is 0.119. The summed E-state index contributed by atoms with van der Waals surface area (Å²) in [6, 6.07) is 8.27. The molecule has 1 aliphatic rings. The first-order chi connectivity index (χ1) is 8.72. The van der Waals surface area contributed by atoms with Gasteiger partial charge in [0.15, 0.2) is 0 Å². The number of rotatable bonds is 4. The molecular weight excluding hydrogens is 244 g/mol. The molecule has 1 aliphatic heterocycles. The van der Waals surface area contributed by atoms with Gasteiger partial charge >= 0.3 is 0 Å². The molecule has 3 nitrogen and oxygen atoms in total. The second-order valence-corrected chi connectivity index (χ2v) is 5.53. The Balaban J connectivity index is 2.05. The lowest BCUT2D eigenvalue weighted by Crippen LogP contribution is -2.38. The summed E-state index contributed by atoms with van der Waals surface area (Å²) >= 11 is 1.62. The maximum Gasteiger partial charge on any atom is 0.254 e. The lowest BCUT2D eigenvalue weighted by Gasteiger charge is -2.22. The van der Waals surface area contributed by atoms with Gasteiger partial charge in [-0.05, 0) is 37.8 Å². The van der Waals surface area contributed by atoms with E-state index in [4.69, 9.17) is 0 Å². The van der Waals surface area contributed by atoms with Crippen LogP contribution in [0.5, 0.6) is 0 Å². The van der Waals surface area contributed by atoms with Crippen LogP contribution in [-0.4, -0.2) is 43.2 Å². The van der Waals surface area contributed by atoms with Gasteiger partial charge in [-0.15, -0.1) is 11.8 Å². The molecule has 0 aliphatic carbocycles. The number of nitrogens with one attached hydrogen (secondary N) is 1. The fraction of sp³-hybridized carbons (Fsp3) is 0.500. The Morgan fingerprint density at radius 3 is 2.94 bits per heavy atom. The number of nitrogens with zero attached hydrogens (tertiary/aromatic N) is 1. The zero-order valence-corrected chi connectivity index (χ0v) is 11.8. The molecule has 1 unspecified atom stereocenters. The third-order valence-electron chi connectivity index (χ3n) is 3.34. The summed E-state index contributed by atoms with van der Waals surface area (Å²) in [5.41, 5.74) is 0.811. The second-order valence-electron chi connectivity index (χ2n) is 4.68. The predicted molar refractivity (Wildman–Crippen MR) is 76.2 cm³/mol. The van der Waals surface area contributed by atoms with Crippen LogP contribution in [0.25, 0.3) is 0 Å². The number of likely N-dealkylation sites (N-methyl/N-ethyl adjacent to an activating group) is 1. The molecule has 1 aromatic carbocycles. The van der Waals surface area contributed by atoms with Crippen molar-refractivity contribution >= 4 is 17.7 Å². The lowest BCUT2D eigenvalue weighted by molar-refractivity contribution is 0.0780. The average Bonchev–Trinajstić information content (AvgIpc) is 2.90. The molecule has 2 rings (SSSR count). The van der Waals surface area contributed by atoms with Crippen LogP contribution in [0.15, 0.2) is 29.2 Å². The van der Waals surface area contributed by atoms with Gasteiger partial charge in [-0.3, -0.25) is 4.79 Å². The Kier molecular flexibility index (Phi) is 4.66. The first-order valence-corrected chi connectivity index (χ1v) is 7.56. The molecule has 18 heavy (non-hydrogen) atoms. The summed E-state index contributed by atoms with van der Waals surface area (Å²) in [6.07, 6.45) is 4.39. The molecule has 0 saturated carbocycles. The summed E-state index contributed by atoms with van der Waals surface area (Å²) in [4.78, 5) is 15.3. The van der Waals surface area contributed by atoms with Crippen LogP contribution in [0.3, 0.4) is 0 Å². The van der Waals surface area contributed by atoms with Crippen molar-refractivity contribution in [2.75, 3.05) is 26.4 Å². The van der Waals surface area contributed by atoms with Crippen LogP contribution in [-0.2, 0) is 0 Å². The molecule has 0 radical (unpaired) electrons. The molecule has 1 heterocycles. The van der Waals surface area contributed by atoms with Crippen molar-refractivity contribution in [3.05, 3.63) is 29.8 Å². The lowest BCUT2D eigenvalue weighted by atomic mass is 10.1. The number of carbonyl (C=O) groups is 1. The summed E-state index contributed by atoms with van der Waals surface area (Å²) in [6.45, 7) is 1.87. The zero-order chi connectivity index (χ0) is 13.0. The Morgan fingerprint density at radius 2 is 2.28 bits per heavy atom. The highest BCUT2D eigenvalue weighted by Crippen LogP contribution is 2.21. The maximum atomic E-state index is 12.4. The van der Waals surface area contributed by atoms with Gasteiger partial charge in [0, 0.05) is 24.5 Å². The van der Waals surface area contributed by atoms with Crippen LogP contribution in [0, 0.1) is 0 Å². The molecule has 0 spiro atoms. The SMILES string of the molecule is CSc1ccccc1C(=O)N(C)CC1CCCN1. The van der Waals surface area contributed by atoms with Crippen LogP contribution >= 0.6 is 11.8 Å². The van der Waals surface area contributed by atoms with E-state index in [0.717, 1.165) is 23.5 Å². The molecule has 1 saturated heterocycles. The third-order valence-corrected chi connectivity index (χ3v) is 4.14. The van der Waals surface area contributed by atoms with Crippen LogP contribution in [0.2, 0.25) is 0 Å². The molecule has 0 bridgehead atoms. The van der Waals surface area contributed by atoms with E-state index >= 15 is 0 Å². The van der Waals surface area contributed by atoms with Crippen LogP contribution in [0.1, 0.15) is 23.2 Å². The highest BCUT2D eigenvalue weighted by atomic mass is 32.2. The topological polar surface area (TPSA) is 32.3 Å². The van der Waals surface area contributed by atoms with Gasteiger partial charge in [0.2, 0.25) is 0 Å². The molecule has 0 aromatic heterocycles. The minimum atomic E-state index is 0.119. The smallest absolute Gasteiger partial charge is 0.254 e. The molecule has 98 valence electrons. The molecule has 1 fully saturated rings. The Bertz CT molecular complexity index is 416. The van der Waals surface area contributed by atoms with E-state index in [1.807, 2.05) is 42.5 Å². The first kappa shape index (κ1) is 13.4. The highest BCUT2D eigenvalue weighted by Gasteiger charge is 2.20. The molecule has 1 atom stereocenters. The standard InChI is InChI=1S/C14H20N2OS/c1-16(10-11-6-5-9-15-11)14(17)12-7-3-4-8-13(12)18-2/h3-4,7-8,11,15H,5-6,9-10H2,1-2H3. The number of hydrogen-bond acceptors (Lipinski definition) is 3. The van der Waals surface area contributed by atoms with E-state index < -0.39 is 0 Å². The van der Waals surface area contributed by atoms with Crippen molar-refractivity contribution in [1.29, 1.82) is 0 Å². The average molecular weight is 264 g/mol. The van der Waals surface area contributed by atoms with E-state index in [1.54, 1.807) is 11.8 Å². The number of hydrogen-bond donors (Lipinski definition) is 1. The Morgan fingerprint density at radius 1 is 1.50 bits per heavy atom. The fourth-order valence-corrected chi connectivity index (χ4v) is 2.94. The van der Waals surface area contributed by atoms with Gasteiger partial charge in [-0.2, -0.15) is 0 Å². The number of thioether (sulfide) groups is 1.